The second kappa shape index (κ2) is 7.08. The number of carbonyl (C=O) groups is 3. The van der Waals surface area contributed by atoms with Gasteiger partial charge in [-0.1, -0.05) is 0 Å². The number of hydrogen-bond acceptors (Lipinski definition) is 5. The molecule has 0 aromatic rings. The van der Waals surface area contributed by atoms with Gasteiger partial charge in [0, 0.05) is 7.05 Å². The molecule has 7 heteroatoms. The van der Waals surface area contributed by atoms with Crippen molar-refractivity contribution in [1.82, 2.24) is 15.5 Å². The number of urea groups is 1. The van der Waals surface area contributed by atoms with Gasteiger partial charge in [-0.25, -0.2) is 4.79 Å². The SMILES string of the molecule is CNC(=O)NC(=O)[C@@H](C)N1CCC(C(=O)OC)CC1. The quantitative estimate of drug-likeness (QED) is 0.689. The minimum absolute atomic E-state index is 0.0875. The number of rotatable bonds is 3. The summed E-state index contributed by atoms with van der Waals surface area (Å²) < 4.78 is 4.71. The second-order valence-electron chi connectivity index (χ2n) is 4.58. The van der Waals surface area contributed by atoms with E-state index in [0.717, 1.165) is 0 Å². The number of esters is 1. The maximum absolute atomic E-state index is 11.8. The molecular weight excluding hydrogens is 250 g/mol. The van der Waals surface area contributed by atoms with Gasteiger partial charge in [-0.05, 0) is 32.9 Å². The fourth-order valence-electron chi connectivity index (χ4n) is 2.13. The molecule has 0 saturated carbocycles. The Bertz CT molecular complexity index is 351. The van der Waals surface area contributed by atoms with Crippen LogP contribution in [-0.4, -0.2) is 56.1 Å². The van der Waals surface area contributed by atoms with Gasteiger partial charge in [0.25, 0.3) is 0 Å². The van der Waals surface area contributed by atoms with Gasteiger partial charge in [0.1, 0.15) is 0 Å². The van der Waals surface area contributed by atoms with Gasteiger partial charge in [0.05, 0.1) is 19.1 Å². The maximum atomic E-state index is 11.8. The highest BCUT2D eigenvalue weighted by atomic mass is 16.5. The zero-order valence-electron chi connectivity index (χ0n) is 11.6. The van der Waals surface area contributed by atoms with Crippen LogP contribution >= 0.6 is 0 Å². The van der Waals surface area contributed by atoms with Gasteiger partial charge in [0.2, 0.25) is 5.91 Å². The number of nitrogens with one attached hydrogen (secondary N) is 2. The van der Waals surface area contributed by atoms with Crippen LogP contribution < -0.4 is 10.6 Å². The average molecular weight is 271 g/mol. The number of amides is 3. The molecule has 3 amide bonds. The highest BCUT2D eigenvalue weighted by Gasteiger charge is 2.30. The first-order valence-electron chi connectivity index (χ1n) is 6.34. The highest BCUT2D eigenvalue weighted by Crippen LogP contribution is 2.20. The Labute approximate surface area is 112 Å². The summed E-state index contributed by atoms with van der Waals surface area (Å²) in [6.45, 7) is 3.03. The topological polar surface area (TPSA) is 87.7 Å². The molecule has 1 saturated heterocycles. The van der Waals surface area contributed by atoms with E-state index in [-0.39, 0.29) is 17.8 Å². The fourth-order valence-corrected chi connectivity index (χ4v) is 2.13. The van der Waals surface area contributed by atoms with Crippen molar-refractivity contribution < 1.29 is 19.1 Å². The van der Waals surface area contributed by atoms with Gasteiger partial charge in [-0.15, -0.1) is 0 Å². The van der Waals surface area contributed by atoms with Gasteiger partial charge in [-0.3, -0.25) is 19.8 Å². The van der Waals surface area contributed by atoms with Gasteiger partial charge in [0.15, 0.2) is 0 Å². The van der Waals surface area contributed by atoms with Crippen molar-refractivity contribution in [3.63, 3.8) is 0 Å². The summed E-state index contributed by atoms with van der Waals surface area (Å²) in [6.07, 6.45) is 1.34. The molecule has 1 aliphatic heterocycles. The third kappa shape index (κ3) is 4.20. The first-order chi connectivity index (χ1) is 8.99. The van der Waals surface area contributed by atoms with E-state index < -0.39 is 12.1 Å². The lowest BCUT2D eigenvalue weighted by molar-refractivity contribution is -0.147. The van der Waals surface area contributed by atoms with Crippen LogP contribution in [0.4, 0.5) is 4.79 Å². The third-order valence-electron chi connectivity index (χ3n) is 3.46. The van der Waals surface area contributed by atoms with E-state index in [1.54, 1.807) is 6.92 Å². The Morgan fingerprint density at radius 3 is 2.32 bits per heavy atom. The van der Waals surface area contributed by atoms with Crippen LogP contribution in [0.25, 0.3) is 0 Å². The van der Waals surface area contributed by atoms with Crippen molar-refractivity contribution in [2.45, 2.75) is 25.8 Å². The van der Waals surface area contributed by atoms with Crippen molar-refractivity contribution in [1.29, 1.82) is 0 Å². The Hall–Kier alpha value is -1.63. The van der Waals surface area contributed by atoms with Crippen LogP contribution in [-0.2, 0) is 14.3 Å². The summed E-state index contributed by atoms with van der Waals surface area (Å²) in [7, 11) is 2.84. The smallest absolute Gasteiger partial charge is 0.321 e. The molecule has 1 heterocycles. The van der Waals surface area contributed by atoms with Crippen LogP contribution in [0.15, 0.2) is 0 Å². The normalized spacial score (nSPS) is 18.5. The van der Waals surface area contributed by atoms with E-state index in [1.807, 2.05) is 4.90 Å². The maximum Gasteiger partial charge on any atom is 0.321 e. The number of nitrogens with zero attached hydrogens (tertiary/aromatic N) is 1. The van der Waals surface area contributed by atoms with E-state index in [4.69, 9.17) is 4.74 Å². The number of ether oxygens (including phenoxy) is 1. The van der Waals surface area contributed by atoms with Crippen LogP contribution in [0.1, 0.15) is 19.8 Å². The predicted molar refractivity (Wildman–Crippen MR) is 68.4 cm³/mol. The molecule has 108 valence electrons. The summed E-state index contributed by atoms with van der Waals surface area (Å²) in [5.74, 6) is -0.617. The lowest BCUT2D eigenvalue weighted by Gasteiger charge is -2.34. The summed E-state index contributed by atoms with van der Waals surface area (Å²) in [5, 5.41) is 4.58. The number of carbonyl (C=O) groups excluding carboxylic acids is 3. The molecule has 1 rings (SSSR count). The molecule has 0 aromatic carbocycles. The van der Waals surface area contributed by atoms with Crippen LogP contribution in [0.2, 0.25) is 0 Å². The number of likely N-dealkylation sites (tertiary alicyclic amines) is 1. The molecule has 19 heavy (non-hydrogen) atoms. The lowest BCUT2D eigenvalue weighted by atomic mass is 9.96. The minimum Gasteiger partial charge on any atom is -0.469 e. The first-order valence-corrected chi connectivity index (χ1v) is 6.34. The molecule has 0 aromatic heterocycles. The number of imide groups is 1. The van der Waals surface area contributed by atoms with Gasteiger partial charge in [-0.2, -0.15) is 0 Å². The Balaban J connectivity index is 2.44. The number of methoxy groups -OCH3 is 1. The predicted octanol–water partition coefficient (Wildman–Crippen LogP) is -0.284. The van der Waals surface area contributed by atoms with Crippen molar-refractivity contribution in [2.75, 3.05) is 27.2 Å². The molecule has 0 radical (unpaired) electrons. The summed E-state index contributed by atoms with van der Waals surface area (Å²) in [5.41, 5.74) is 0. The fraction of sp³-hybridized carbons (Fsp3) is 0.750. The van der Waals surface area contributed by atoms with Gasteiger partial charge < -0.3 is 10.1 Å². The summed E-state index contributed by atoms with van der Waals surface area (Å²) >= 11 is 0. The Kier molecular flexibility index (Phi) is 5.75. The molecule has 1 fully saturated rings. The molecule has 1 atom stereocenters. The Morgan fingerprint density at radius 1 is 1.26 bits per heavy atom. The summed E-state index contributed by atoms with van der Waals surface area (Å²) in [6, 6.07) is -0.905. The monoisotopic (exact) mass is 271 g/mol. The molecule has 0 bridgehead atoms. The lowest BCUT2D eigenvalue weighted by Crippen LogP contribution is -2.51. The minimum atomic E-state index is -0.513. The molecule has 1 aliphatic rings. The van der Waals surface area contributed by atoms with Crippen LogP contribution in [0.5, 0.6) is 0 Å². The van der Waals surface area contributed by atoms with Crippen LogP contribution in [0.3, 0.4) is 0 Å². The van der Waals surface area contributed by atoms with Crippen molar-refractivity contribution in [3.05, 3.63) is 0 Å². The molecule has 0 aliphatic carbocycles. The van der Waals surface area contributed by atoms with Crippen LogP contribution in [0, 0.1) is 5.92 Å². The van der Waals surface area contributed by atoms with E-state index in [1.165, 1.54) is 14.2 Å². The Morgan fingerprint density at radius 2 is 1.84 bits per heavy atom. The number of piperidine rings is 1. The molecule has 0 unspecified atom stereocenters. The molecule has 2 N–H and O–H groups in total. The van der Waals surface area contributed by atoms with E-state index in [9.17, 15) is 14.4 Å². The van der Waals surface area contributed by atoms with Crippen molar-refractivity contribution >= 4 is 17.9 Å². The standard InChI is InChI=1S/C12H21N3O4/c1-8(10(16)14-12(18)13-2)15-6-4-9(5-7-15)11(17)19-3/h8-9H,4-7H2,1-3H3,(H2,13,14,16,18)/t8-/m1/s1. The van der Waals surface area contributed by atoms with E-state index in [0.29, 0.717) is 25.9 Å². The highest BCUT2D eigenvalue weighted by molar-refractivity contribution is 5.96. The van der Waals surface area contributed by atoms with E-state index in [2.05, 4.69) is 10.6 Å². The average Bonchev–Trinajstić information content (AvgIpc) is 2.45. The zero-order valence-corrected chi connectivity index (χ0v) is 11.6. The molecular formula is C12H21N3O4. The largest absolute Gasteiger partial charge is 0.469 e. The first kappa shape index (κ1) is 15.4. The second-order valence-corrected chi connectivity index (χ2v) is 4.58. The van der Waals surface area contributed by atoms with Crippen molar-refractivity contribution in [3.8, 4) is 0 Å². The third-order valence-corrected chi connectivity index (χ3v) is 3.46. The zero-order chi connectivity index (χ0) is 14.4. The van der Waals surface area contributed by atoms with Gasteiger partial charge >= 0.3 is 12.0 Å². The summed E-state index contributed by atoms with van der Waals surface area (Å²) in [4.78, 5) is 36.2. The number of hydrogen-bond donors (Lipinski definition) is 2. The molecule has 7 nitrogen and oxygen atoms in total. The van der Waals surface area contributed by atoms with E-state index >= 15 is 0 Å². The van der Waals surface area contributed by atoms with Crippen molar-refractivity contribution in [2.24, 2.45) is 5.92 Å². The molecule has 0 spiro atoms.